The standard InChI is InChI=1S/C42H26O/c1-2-12-27(13-3-1)31-16-6-7-17-32(31)42-35-20-10-8-18-33(35)41(34-19-9-11-21-36(34)42)30-22-23-39-37(25-30)38-24-28-14-4-5-15-29(28)26-40(38)43-39/h1-26H/i1D,2D,3D,4D,5D,6D,7D,8D,9D,10D,11D,12D,13D,14D,15D,16D,17D,18D,19D,20D,21D,22D,23D,24D,25D,26D. The van der Waals surface area contributed by atoms with Gasteiger partial charge in [0.15, 0.2) is 0 Å². The molecule has 0 atom stereocenters. The van der Waals surface area contributed by atoms with Gasteiger partial charge in [-0.15, -0.1) is 0 Å². The third-order valence-electron chi connectivity index (χ3n) is 6.95. The van der Waals surface area contributed by atoms with E-state index in [1.807, 2.05) is 0 Å². The van der Waals surface area contributed by atoms with E-state index < -0.39 is 245 Å². The smallest absolute Gasteiger partial charge is 0.136 e. The third-order valence-corrected chi connectivity index (χ3v) is 6.95. The summed E-state index contributed by atoms with van der Waals surface area (Å²) in [5.41, 5.74) is -5.86. The number of furan rings is 1. The molecule has 9 aromatic rings. The second-order valence-corrected chi connectivity index (χ2v) is 9.26. The van der Waals surface area contributed by atoms with Crippen LogP contribution in [-0.2, 0) is 0 Å². The van der Waals surface area contributed by atoms with Crippen molar-refractivity contribution in [2.24, 2.45) is 0 Å². The predicted octanol–water partition coefficient (Wildman–Crippen LogP) is 12.0. The number of fused-ring (bicyclic) bond motifs is 6. The quantitative estimate of drug-likeness (QED) is 0.192. The average Bonchev–Trinajstić information content (AvgIpc) is 3.74. The fraction of sp³-hybridized carbons (Fsp3) is 0. The molecule has 0 aliphatic heterocycles. The first-order chi connectivity index (χ1) is 32.2. The van der Waals surface area contributed by atoms with Crippen molar-refractivity contribution in [1.82, 2.24) is 0 Å². The van der Waals surface area contributed by atoms with Crippen molar-refractivity contribution in [3.05, 3.63) is 157 Å². The van der Waals surface area contributed by atoms with Crippen molar-refractivity contribution in [2.45, 2.75) is 0 Å². The summed E-state index contributed by atoms with van der Waals surface area (Å²) in [4.78, 5) is 0. The third kappa shape index (κ3) is 3.72. The molecule has 0 N–H and O–H groups in total. The van der Waals surface area contributed by atoms with E-state index in [0.717, 1.165) is 0 Å². The normalized spacial score (nSPS) is 20.2. The molecule has 0 radical (unpaired) electrons. The van der Waals surface area contributed by atoms with Gasteiger partial charge >= 0.3 is 0 Å². The molecule has 0 unspecified atom stereocenters. The maximum absolute atomic E-state index is 9.80. The van der Waals surface area contributed by atoms with E-state index in [2.05, 4.69) is 0 Å². The Balaban J connectivity index is 1.63. The molecule has 0 aliphatic carbocycles. The van der Waals surface area contributed by atoms with Gasteiger partial charge in [0.05, 0.1) is 35.6 Å². The molecule has 9 rings (SSSR count). The summed E-state index contributed by atoms with van der Waals surface area (Å²) in [7, 11) is 0. The zero-order chi connectivity index (χ0) is 51.0. The van der Waals surface area contributed by atoms with Crippen LogP contribution in [0.1, 0.15) is 35.6 Å². The molecule has 0 fully saturated rings. The van der Waals surface area contributed by atoms with Crippen molar-refractivity contribution in [1.29, 1.82) is 0 Å². The Hall–Kier alpha value is -5.66. The second kappa shape index (κ2) is 9.44. The Kier molecular flexibility index (Phi) is 2.13. The van der Waals surface area contributed by atoms with Crippen LogP contribution >= 0.6 is 0 Å². The van der Waals surface area contributed by atoms with Crippen LogP contribution in [0.2, 0.25) is 0 Å². The molecule has 1 aromatic heterocycles. The first-order valence-electron chi connectivity index (χ1n) is 25.7. The maximum Gasteiger partial charge on any atom is 0.136 e. The maximum atomic E-state index is 9.80. The first-order valence-corrected chi connectivity index (χ1v) is 12.7. The number of rotatable bonds is 3. The van der Waals surface area contributed by atoms with E-state index in [1.54, 1.807) is 0 Å². The lowest BCUT2D eigenvalue weighted by molar-refractivity contribution is 0.669. The molecule has 1 nitrogen and oxygen atoms in total. The Morgan fingerprint density at radius 1 is 0.349 bits per heavy atom. The number of hydrogen-bond donors (Lipinski definition) is 0. The summed E-state index contributed by atoms with van der Waals surface area (Å²) in [5, 5.41) is -4.89. The predicted molar refractivity (Wildman–Crippen MR) is 183 cm³/mol. The second-order valence-electron chi connectivity index (χ2n) is 9.26. The molecular weight excluding hydrogens is 520 g/mol. The van der Waals surface area contributed by atoms with E-state index in [0.29, 0.717) is 0 Å². The van der Waals surface area contributed by atoms with Crippen LogP contribution < -0.4 is 0 Å². The molecule has 0 bridgehead atoms. The lowest BCUT2D eigenvalue weighted by Gasteiger charge is -2.19. The van der Waals surface area contributed by atoms with Crippen LogP contribution in [0.4, 0.5) is 0 Å². The van der Waals surface area contributed by atoms with Crippen LogP contribution in [0.15, 0.2) is 162 Å². The highest BCUT2D eigenvalue weighted by Gasteiger charge is 2.19. The Labute approximate surface area is 285 Å². The van der Waals surface area contributed by atoms with Crippen LogP contribution in [0.5, 0.6) is 0 Å². The largest absolute Gasteiger partial charge is 0.456 e. The summed E-state index contributed by atoms with van der Waals surface area (Å²) in [5.74, 6) is 0. The Morgan fingerprint density at radius 2 is 0.884 bits per heavy atom. The van der Waals surface area contributed by atoms with Gasteiger partial charge < -0.3 is 4.42 Å². The van der Waals surface area contributed by atoms with Crippen molar-refractivity contribution in [3.63, 3.8) is 0 Å². The van der Waals surface area contributed by atoms with Gasteiger partial charge in [0.2, 0.25) is 0 Å². The van der Waals surface area contributed by atoms with Crippen LogP contribution in [-0.4, -0.2) is 0 Å². The van der Waals surface area contributed by atoms with Gasteiger partial charge in [-0.3, -0.25) is 0 Å². The molecule has 0 spiro atoms. The minimum absolute atomic E-state index is 0.441. The van der Waals surface area contributed by atoms with Crippen molar-refractivity contribution < 1.29 is 40.1 Å². The molecule has 1 heterocycles. The molecule has 0 amide bonds. The van der Waals surface area contributed by atoms with Gasteiger partial charge in [-0.25, -0.2) is 0 Å². The van der Waals surface area contributed by atoms with Crippen LogP contribution in [0, 0.1) is 0 Å². The fourth-order valence-corrected chi connectivity index (χ4v) is 5.17. The lowest BCUT2D eigenvalue weighted by Crippen LogP contribution is -1.92. The monoisotopic (exact) mass is 572 g/mol. The van der Waals surface area contributed by atoms with Gasteiger partial charge in [0.25, 0.3) is 0 Å². The zero-order valence-corrected chi connectivity index (χ0v) is 21.4. The molecule has 200 valence electrons. The fourth-order valence-electron chi connectivity index (χ4n) is 5.17. The summed E-state index contributed by atoms with van der Waals surface area (Å²) in [6, 6.07) is -23.9. The summed E-state index contributed by atoms with van der Waals surface area (Å²) in [6.45, 7) is 0. The van der Waals surface area contributed by atoms with Gasteiger partial charge in [0.1, 0.15) is 11.2 Å². The highest BCUT2D eigenvalue weighted by atomic mass is 16.3. The van der Waals surface area contributed by atoms with E-state index in [4.69, 9.17) is 27.7 Å². The van der Waals surface area contributed by atoms with E-state index in [-0.39, 0.29) is 0 Å². The molecule has 8 aromatic carbocycles. The number of benzene rings is 8. The van der Waals surface area contributed by atoms with Crippen molar-refractivity contribution in [3.8, 4) is 33.4 Å². The van der Waals surface area contributed by atoms with Gasteiger partial charge in [-0.05, 0) is 89.9 Å². The van der Waals surface area contributed by atoms with Gasteiger partial charge in [-0.2, -0.15) is 0 Å². The highest BCUT2D eigenvalue weighted by molar-refractivity contribution is 6.23. The topological polar surface area (TPSA) is 13.1 Å². The molecule has 1 heteroatoms. The van der Waals surface area contributed by atoms with E-state index >= 15 is 0 Å². The molecule has 0 saturated heterocycles. The minimum atomic E-state index is -1.05. The summed E-state index contributed by atoms with van der Waals surface area (Å²) < 4.78 is 238. The minimum Gasteiger partial charge on any atom is -0.456 e. The Morgan fingerprint density at radius 3 is 1.58 bits per heavy atom. The Bertz CT molecular complexity index is 3860. The molecular formula is C42H26O. The van der Waals surface area contributed by atoms with Crippen molar-refractivity contribution in [2.75, 3.05) is 0 Å². The first kappa shape index (κ1) is 9.69. The lowest BCUT2D eigenvalue weighted by atomic mass is 9.83. The van der Waals surface area contributed by atoms with Crippen molar-refractivity contribution >= 4 is 54.3 Å². The molecule has 0 aliphatic rings. The molecule has 0 saturated carbocycles. The molecule has 43 heavy (non-hydrogen) atoms. The zero-order valence-electron chi connectivity index (χ0n) is 47.4. The van der Waals surface area contributed by atoms with E-state index in [1.165, 1.54) is 0 Å². The van der Waals surface area contributed by atoms with E-state index in [9.17, 15) is 12.3 Å². The van der Waals surface area contributed by atoms with Gasteiger partial charge in [-0.1, -0.05) is 133 Å². The van der Waals surface area contributed by atoms with Gasteiger partial charge in [0, 0.05) is 10.8 Å². The average molecular weight is 573 g/mol. The summed E-state index contributed by atoms with van der Waals surface area (Å²) >= 11 is 0. The number of hydrogen-bond acceptors (Lipinski definition) is 1. The summed E-state index contributed by atoms with van der Waals surface area (Å²) in [6.07, 6.45) is 0. The highest BCUT2D eigenvalue weighted by Crippen LogP contribution is 2.46. The van der Waals surface area contributed by atoms with Crippen LogP contribution in [0.25, 0.3) is 87.6 Å². The SMILES string of the molecule is [2H]c1c([2H])c([2H])c(-c2c([2H])c([2H])c([2H])c([2H])c2-c2c3c([2H])c([2H])c([2H])c([2H])c3c(-c3c([2H])c([2H])c4oc5c([2H])c6c([2H])c([2H])c([2H])c([2H])c6c([2H])c5c4c3[2H])c3c([2H])c([2H])c([2H])c([2H])c23)c([2H])c1[2H]. The van der Waals surface area contributed by atoms with Crippen LogP contribution in [0.3, 0.4) is 0 Å².